The van der Waals surface area contributed by atoms with Crippen molar-refractivity contribution in [1.82, 2.24) is 0 Å². The van der Waals surface area contributed by atoms with Crippen LogP contribution in [0.2, 0.25) is 5.82 Å². The molecule has 0 aromatic heterocycles. The SMILES string of the molecule is Cc1ccc([C@H](c2ccccc2)[C@@H](C)B2OC(C)(C)C(C)(C)O2)cc1. The van der Waals surface area contributed by atoms with Crippen LogP contribution in [0.15, 0.2) is 54.6 Å². The highest BCUT2D eigenvalue weighted by atomic mass is 16.7. The van der Waals surface area contributed by atoms with Crippen molar-refractivity contribution in [2.75, 3.05) is 0 Å². The Kier molecular flexibility index (Phi) is 4.83. The van der Waals surface area contributed by atoms with E-state index in [0.717, 1.165) is 0 Å². The van der Waals surface area contributed by atoms with Crippen molar-refractivity contribution in [2.24, 2.45) is 0 Å². The third-order valence-corrected chi connectivity index (χ3v) is 5.82. The van der Waals surface area contributed by atoms with E-state index in [-0.39, 0.29) is 30.1 Å². The van der Waals surface area contributed by atoms with E-state index in [4.69, 9.17) is 9.31 Å². The van der Waals surface area contributed by atoms with Crippen LogP contribution in [0, 0.1) is 6.92 Å². The molecule has 1 saturated heterocycles. The van der Waals surface area contributed by atoms with Crippen LogP contribution >= 0.6 is 0 Å². The molecule has 0 N–H and O–H groups in total. The van der Waals surface area contributed by atoms with Crippen molar-refractivity contribution in [3.63, 3.8) is 0 Å². The molecule has 0 bridgehead atoms. The van der Waals surface area contributed by atoms with Crippen LogP contribution in [0.25, 0.3) is 0 Å². The molecule has 2 aromatic rings. The first kappa shape index (κ1) is 18.2. The van der Waals surface area contributed by atoms with Crippen molar-refractivity contribution >= 4 is 7.12 Å². The average Bonchev–Trinajstić information content (AvgIpc) is 2.78. The van der Waals surface area contributed by atoms with E-state index in [1.165, 1.54) is 16.7 Å². The van der Waals surface area contributed by atoms with Crippen molar-refractivity contribution in [3.8, 4) is 0 Å². The van der Waals surface area contributed by atoms with E-state index in [1.54, 1.807) is 0 Å². The van der Waals surface area contributed by atoms with Crippen molar-refractivity contribution in [2.45, 2.75) is 64.5 Å². The molecule has 2 aromatic carbocycles. The van der Waals surface area contributed by atoms with E-state index in [0.29, 0.717) is 0 Å². The molecule has 1 aliphatic heterocycles. The fraction of sp³-hybridized carbons (Fsp3) is 0.455. The molecular formula is C22H29BO2. The summed E-state index contributed by atoms with van der Waals surface area (Å²) in [7, 11) is -0.225. The van der Waals surface area contributed by atoms with E-state index < -0.39 is 0 Å². The average molecular weight is 336 g/mol. The minimum absolute atomic E-state index is 0.200. The van der Waals surface area contributed by atoms with E-state index in [9.17, 15) is 0 Å². The molecule has 0 radical (unpaired) electrons. The number of hydrogen-bond donors (Lipinski definition) is 0. The van der Waals surface area contributed by atoms with Crippen LogP contribution in [-0.4, -0.2) is 18.3 Å². The maximum atomic E-state index is 6.35. The molecule has 3 rings (SSSR count). The first-order chi connectivity index (χ1) is 11.7. The fourth-order valence-electron chi connectivity index (χ4n) is 3.49. The Labute approximate surface area is 152 Å². The van der Waals surface area contributed by atoms with Crippen molar-refractivity contribution in [1.29, 1.82) is 0 Å². The number of benzene rings is 2. The zero-order valence-electron chi connectivity index (χ0n) is 16.2. The molecule has 0 spiro atoms. The Morgan fingerprint density at radius 2 is 1.24 bits per heavy atom. The summed E-state index contributed by atoms with van der Waals surface area (Å²) in [6.45, 7) is 12.8. The summed E-state index contributed by atoms with van der Waals surface area (Å²) in [5, 5.41) is 0. The Morgan fingerprint density at radius 1 is 0.760 bits per heavy atom. The van der Waals surface area contributed by atoms with Gasteiger partial charge >= 0.3 is 7.12 Å². The zero-order valence-corrected chi connectivity index (χ0v) is 16.2. The Hall–Kier alpha value is -1.58. The largest absolute Gasteiger partial charge is 0.461 e. The molecule has 3 heteroatoms. The van der Waals surface area contributed by atoms with Gasteiger partial charge in [-0.25, -0.2) is 0 Å². The van der Waals surface area contributed by atoms with Crippen LogP contribution in [0.3, 0.4) is 0 Å². The molecule has 2 atom stereocenters. The highest BCUT2D eigenvalue weighted by Gasteiger charge is 2.54. The van der Waals surface area contributed by atoms with Gasteiger partial charge in [-0.2, -0.15) is 0 Å². The predicted octanol–water partition coefficient (Wildman–Crippen LogP) is 5.61. The standard InChI is InChI=1S/C22H29BO2/c1-16-12-14-19(15-13-16)20(18-10-8-7-9-11-18)17(2)23-24-21(3,4)22(5,6)25-23/h7-15,17,20H,1-6H3/t17-,20+/m1/s1. The second-order valence-electron chi connectivity index (χ2n) is 8.28. The van der Waals surface area contributed by atoms with Gasteiger partial charge in [0.1, 0.15) is 0 Å². The molecule has 0 saturated carbocycles. The van der Waals surface area contributed by atoms with E-state index in [1.807, 2.05) is 0 Å². The molecule has 2 nitrogen and oxygen atoms in total. The maximum absolute atomic E-state index is 6.35. The smallest absolute Gasteiger partial charge is 0.403 e. The highest BCUT2D eigenvalue weighted by Crippen LogP contribution is 2.45. The summed E-state index contributed by atoms with van der Waals surface area (Å²) in [4.78, 5) is 0. The summed E-state index contributed by atoms with van der Waals surface area (Å²) >= 11 is 0. The minimum Gasteiger partial charge on any atom is -0.403 e. The molecule has 1 aliphatic rings. The van der Waals surface area contributed by atoms with Crippen LogP contribution in [0.4, 0.5) is 0 Å². The molecule has 0 unspecified atom stereocenters. The predicted molar refractivity (Wildman–Crippen MR) is 105 cm³/mol. The number of hydrogen-bond acceptors (Lipinski definition) is 2. The first-order valence-corrected chi connectivity index (χ1v) is 9.18. The van der Waals surface area contributed by atoms with Gasteiger partial charge in [0.2, 0.25) is 0 Å². The lowest BCUT2D eigenvalue weighted by molar-refractivity contribution is 0.00578. The topological polar surface area (TPSA) is 18.5 Å². The summed E-state index contributed by atoms with van der Waals surface area (Å²) in [6, 6.07) is 19.5. The van der Waals surface area contributed by atoms with Gasteiger partial charge in [-0.05, 0) is 45.7 Å². The van der Waals surface area contributed by atoms with E-state index >= 15 is 0 Å². The first-order valence-electron chi connectivity index (χ1n) is 9.18. The van der Waals surface area contributed by atoms with Gasteiger partial charge in [-0.15, -0.1) is 0 Å². The van der Waals surface area contributed by atoms with E-state index in [2.05, 4.69) is 96.1 Å². The number of rotatable bonds is 4. The van der Waals surface area contributed by atoms with Crippen LogP contribution in [0.5, 0.6) is 0 Å². The Morgan fingerprint density at radius 3 is 1.76 bits per heavy atom. The second-order valence-corrected chi connectivity index (χ2v) is 8.28. The number of aryl methyl sites for hydroxylation is 1. The lowest BCUT2D eigenvalue weighted by Crippen LogP contribution is -2.41. The van der Waals surface area contributed by atoms with Gasteiger partial charge in [-0.1, -0.05) is 67.1 Å². The maximum Gasteiger partial charge on any atom is 0.461 e. The van der Waals surface area contributed by atoms with Crippen molar-refractivity contribution < 1.29 is 9.31 Å². The van der Waals surface area contributed by atoms with Gasteiger partial charge < -0.3 is 9.31 Å². The molecule has 132 valence electrons. The van der Waals surface area contributed by atoms with Gasteiger partial charge in [0.25, 0.3) is 0 Å². The van der Waals surface area contributed by atoms with Crippen LogP contribution in [-0.2, 0) is 9.31 Å². The monoisotopic (exact) mass is 336 g/mol. The summed E-state index contributed by atoms with van der Waals surface area (Å²) in [6.07, 6.45) is 0. The fourth-order valence-corrected chi connectivity index (χ4v) is 3.49. The molecule has 25 heavy (non-hydrogen) atoms. The van der Waals surface area contributed by atoms with Crippen LogP contribution < -0.4 is 0 Å². The molecule has 1 fully saturated rings. The van der Waals surface area contributed by atoms with Gasteiger partial charge in [0.05, 0.1) is 11.2 Å². The summed E-state index contributed by atoms with van der Waals surface area (Å²) < 4.78 is 12.7. The zero-order chi connectivity index (χ0) is 18.2. The lowest BCUT2D eigenvalue weighted by atomic mass is 9.62. The van der Waals surface area contributed by atoms with Crippen molar-refractivity contribution in [3.05, 3.63) is 71.3 Å². The normalized spacial score (nSPS) is 21.1. The van der Waals surface area contributed by atoms with Gasteiger partial charge in [-0.3, -0.25) is 0 Å². The third kappa shape index (κ3) is 3.54. The summed E-state index contributed by atoms with van der Waals surface area (Å²) in [5.41, 5.74) is 3.27. The molecular weight excluding hydrogens is 307 g/mol. The van der Waals surface area contributed by atoms with Crippen LogP contribution in [0.1, 0.15) is 57.2 Å². The lowest BCUT2D eigenvalue weighted by Gasteiger charge is -2.32. The third-order valence-electron chi connectivity index (χ3n) is 5.82. The molecule has 0 amide bonds. The quantitative estimate of drug-likeness (QED) is 0.676. The second kappa shape index (κ2) is 6.62. The van der Waals surface area contributed by atoms with Gasteiger partial charge in [0.15, 0.2) is 0 Å². The van der Waals surface area contributed by atoms with Gasteiger partial charge in [0, 0.05) is 11.7 Å². The summed E-state index contributed by atoms with van der Waals surface area (Å²) in [5.74, 6) is 0.433. The molecule has 0 aliphatic carbocycles. The molecule has 1 heterocycles. The minimum atomic E-state index is -0.305. The highest BCUT2D eigenvalue weighted by molar-refractivity contribution is 6.47. The Balaban J connectivity index is 1.96. The Bertz CT molecular complexity index is 691.